The molecule has 0 atom stereocenters. The number of nitro benzene ring substituents is 2. The Morgan fingerprint density at radius 3 is 2.20 bits per heavy atom. The van der Waals surface area contributed by atoms with Crippen molar-refractivity contribution in [2.45, 2.75) is 0 Å². The number of rotatable bonds is 4. The zero-order valence-corrected chi connectivity index (χ0v) is 9.46. The average molecular weight is 280 g/mol. The fraction of sp³-hybridized carbons (Fsp3) is 0. The summed E-state index contributed by atoms with van der Waals surface area (Å²) < 4.78 is 4.43. The molecule has 0 aliphatic carbocycles. The maximum absolute atomic E-state index is 10.9. The number of aromatic nitrogens is 1. The lowest BCUT2D eigenvalue weighted by molar-refractivity contribution is -0.394. The highest BCUT2D eigenvalue weighted by molar-refractivity contribution is 5.79. The molecule has 0 unspecified atom stereocenters. The van der Waals surface area contributed by atoms with Crippen LogP contribution < -0.4 is 0 Å². The minimum absolute atomic E-state index is 0.187. The summed E-state index contributed by atoms with van der Waals surface area (Å²) in [4.78, 5) is 29.7. The molecular formula is C9H4N4O7. The topological polar surface area (TPSA) is 155 Å². The molecule has 1 aromatic heterocycles. The van der Waals surface area contributed by atoms with Crippen LogP contribution in [0.15, 0.2) is 29.0 Å². The van der Waals surface area contributed by atoms with E-state index < -0.39 is 32.0 Å². The number of nitrogens with zero attached hydrogens (tertiary/aromatic N) is 4. The predicted octanol–water partition coefficient (Wildman–Crippen LogP) is 2.07. The molecule has 1 aromatic carbocycles. The maximum atomic E-state index is 10.9. The summed E-state index contributed by atoms with van der Waals surface area (Å²) in [6, 6.07) is 2.75. The van der Waals surface area contributed by atoms with Gasteiger partial charge in [0.15, 0.2) is 11.4 Å². The van der Waals surface area contributed by atoms with Gasteiger partial charge in [-0.15, -0.1) is 0 Å². The average Bonchev–Trinajstić information content (AvgIpc) is 2.86. The van der Waals surface area contributed by atoms with Crippen molar-refractivity contribution in [3.05, 3.63) is 54.8 Å². The van der Waals surface area contributed by atoms with Crippen LogP contribution in [0.3, 0.4) is 0 Å². The van der Waals surface area contributed by atoms with E-state index in [9.17, 15) is 30.3 Å². The van der Waals surface area contributed by atoms with Crippen molar-refractivity contribution < 1.29 is 19.3 Å². The van der Waals surface area contributed by atoms with Gasteiger partial charge in [0.25, 0.3) is 11.4 Å². The third kappa shape index (κ3) is 2.14. The van der Waals surface area contributed by atoms with Crippen molar-refractivity contribution in [2.75, 3.05) is 0 Å². The van der Waals surface area contributed by atoms with Gasteiger partial charge in [-0.25, -0.2) is 0 Å². The number of benzene rings is 1. The first-order valence-corrected chi connectivity index (χ1v) is 4.93. The monoisotopic (exact) mass is 280 g/mol. The van der Waals surface area contributed by atoms with E-state index in [0.29, 0.717) is 6.07 Å². The van der Waals surface area contributed by atoms with Crippen LogP contribution >= 0.6 is 0 Å². The molecule has 11 heteroatoms. The van der Waals surface area contributed by atoms with E-state index in [-0.39, 0.29) is 11.1 Å². The third-order valence-electron chi connectivity index (χ3n) is 2.40. The summed E-state index contributed by atoms with van der Waals surface area (Å²) in [6.07, 6.45) is 0.867. The molecular weight excluding hydrogens is 276 g/mol. The van der Waals surface area contributed by atoms with Gasteiger partial charge in [-0.3, -0.25) is 24.8 Å². The van der Waals surface area contributed by atoms with Crippen molar-refractivity contribution in [2.24, 2.45) is 0 Å². The maximum Gasteiger partial charge on any atom is 0.421 e. The first kappa shape index (κ1) is 13.1. The normalized spacial score (nSPS) is 10.2. The molecule has 1 heterocycles. The smallest absolute Gasteiger partial charge is 0.358 e. The Balaban J connectivity index is 2.68. The van der Waals surface area contributed by atoms with Crippen LogP contribution in [0.2, 0.25) is 0 Å². The number of hydrogen-bond donors (Lipinski definition) is 0. The van der Waals surface area contributed by atoms with Crippen molar-refractivity contribution in [3.63, 3.8) is 0 Å². The first-order valence-electron chi connectivity index (χ1n) is 4.93. The van der Waals surface area contributed by atoms with Crippen molar-refractivity contribution in [1.29, 1.82) is 0 Å². The van der Waals surface area contributed by atoms with Crippen LogP contribution in [-0.4, -0.2) is 19.9 Å². The Labute approximate surface area is 108 Å². The van der Waals surface area contributed by atoms with Crippen LogP contribution in [0.4, 0.5) is 17.2 Å². The lowest BCUT2D eigenvalue weighted by Crippen LogP contribution is -1.96. The second kappa shape index (κ2) is 4.72. The van der Waals surface area contributed by atoms with Crippen LogP contribution in [0.25, 0.3) is 11.1 Å². The molecule has 20 heavy (non-hydrogen) atoms. The number of nitro groups is 3. The summed E-state index contributed by atoms with van der Waals surface area (Å²) in [5.74, 6) is -0.707. The van der Waals surface area contributed by atoms with Crippen LogP contribution in [0, 0.1) is 30.3 Å². The second-order valence-corrected chi connectivity index (χ2v) is 3.52. The molecule has 2 rings (SSSR count). The lowest BCUT2D eigenvalue weighted by atomic mass is 10.1. The van der Waals surface area contributed by atoms with Crippen molar-refractivity contribution in [3.8, 4) is 11.1 Å². The van der Waals surface area contributed by atoms with Crippen molar-refractivity contribution in [1.82, 2.24) is 5.16 Å². The minimum atomic E-state index is -0.876. The first-order chi connectivity index (χ1) is 9.41. The second-order valence-electron chi connectivity index (χ2n) is 3.52. The molecule has 11 nitrogen and oxygen atoms in total. The van der Waals surface area contributed by atoms with Gasteiger partial charge in [-0.1, -0.05) is 0 Å². The van der Waals surface area contributed by atoms with E-state index in [4.69, 9.17) is 0 Å². The van der Waals surface area contributed by atoms with Gasteiger partial charge >= 0.3 is 5.82 Å². The fourth-order valence-electron chi connectivity index (χ4n) is 1.56. The van der Waals surface area contributed by atoms with Gasteiger partial charge in [0.05, 0.1) is 21.5 Å². The standard InChI is InChI=1S/C9H4N4O7/c14-11(15)5-1-2-6(8(3-5)12(16)17)7-4-20-10-9(7)13(18)19/h1-4H. The quantitative estimate of drug-likeness (QED) is 0.608. The van der Waals surface area contributed by atoms with Crippen LogP contribution in [-0.2, 0) is 0 Å². The predicted molar refractivity (Wildman–Crippen MR) is 61.9 cm³/mol. The summed E-state index contributed by atoms with van der Waals surface area (Å²) in [5, 5.41) is 35.4. The molecule has 0 amide bonds. The Morgan fingerprint density at radius 1 is 0.950 bits per heavy atom. The molecule has 102 valence electrons. The highest BCUT2D eigenvalue weighted by Gasteiger charge is 2.29. The minimum Gasteiger partial charge on any atom is -0.358 e. The number of non-ortho nitro benzene ring substituents is 1. The summed E-state index contributed by atoms with van der Waals surface area (Å²) in [6.45, 7) is 0. The largest absolute Gasteiger partial charge is 0.421 e. The summed E-state index contributed by atoms with van der Waals surface area (Å²) >= 11 is 0. The molecule has 0 saturated heterocycles. The Hall–Kier alpha value is -3.37. The van der Waals surface area contributed by atoms with Gasteiger partial charge in [-0.05, 0) is 11.0 Å². The lowest BCUT2D eigenvalue weighted by Gasteiger charge is -1.99. The van der Waals surface area contributed by atoms with E-state index in [0.717, 1.165) is 18.4 Å². The van der Waals surface area contributed by atoms with Crippen LogP contribution in [0.1, 0.15) is 0 Å². The summed E-state index contributed by atoms with van der Waals surface area (Å²) in [7, 11) is 0. The highest BCUT2D eigenvalue weighted by Crippen LogP contribution is 2.37. The SMILES string of the molecule is O=[N+]([O-])c1ccc(-c2conc2[N+](=O)[O-])c([N+](=O)[O-])c1. The van der Waals surface area contributed by atoms with Crippen LogP contribution in [0.5, 0.6) is 0 Å². The molecule has 0 N–H and O–H groups in total. The molecule has 0 aliphatic heterocycles. The molecule has 2 aromatic rings. The van der Waals surface area contributed by atoms with E-state index in [1.165, 1.54) is 0 Å². The van der Waals surface area contributed by atoms with E-state index in [1.807, 2.05) is 0 Å². The molecule has 0 aliphatic rings. The Bertz CT molecular complexity index is 723. The van der Waals surface area contributed by atoms with E-state index in [2.05, 4.69) is 9.68 Å². The molecule has 0 saturated carbocycles. The molecule has 0 bridgehead atoms. The van der Waals surface area contributed by atoms with Gasteiger partial charge < -0.3 is 10.1 Å². The zero-order valence-electron chi connectivity index (χ0n) is 9.46. The van der Waals surface area contributed by atoms with E-state index in [1.54, 1.807) is 0 Å². The van der Waals surface area contributed by atoms with Crippen molar-refractivity contribution >= 4 is 17.2 Å². The van der Waals surface area contributed by atoms with Gasteiger partial charge in [0.1, 0.15) is 5.56 Å². The molecule has 0 spiro atoms. The van der Waals surface area contributed by atoms with E-state index >= 15 is 0 Å². The fourth-order valence-corrected chi connectivity index (χ4v) is 1.56. The third-order valence-corrected chi connectivity index (χ3v) is 2.40. The number of hydrogen-bond acceptors (Lipinski definition) is 8. The van der Waals surface area contributed by atoms with Gasteiger partial charge in [0, 0.05) is 6.07 Å². The summed E-state index contributed by atoms with van der Waals surface area (Å²) in [5.41, 5.74) is -1.56. The van der Waals surface area contributed by atoms with Gasteiger partial charge in [0.2, 0.25) is 0 Å². The Morgan fingerprint density at radius 2 is 1.65 bits per heavy atom. The molecule has 0 fully saturated rings. The van der Waals surface area contributed by atoms with Gasteiger partial charge in [-0.2, -0.15) is 0 Å². The Kier molecular flexibility index (Phi) is 3.08. The highest BCUT2D eigenvalue weighted by atomic mass is 16.6. The molecule has 0 radical (unpaired) electrons. The zero-order chi connectivity index (χ0) is 14.9.